The van der Waals surface area contributed by atoms with Crippen LogP contribution in [0.1, 0.15) is 98.0 Å². The van der Waals surface area contributed by atoms with E-state index in [0.29, 0.717) is 44.2 Å². The van der Waals surface area contributed by atoms with Gasteiger partial charge in [-0.05, 0) is 229 Å². The average Bonchev–Trinajstić information content (AvgIpc) is 3.80. The van der Waals surface area contributed by atoms with Crippen LogP contribution in [0.2, 0.25) is 0 Å². The molecule has 15 heteroatoms. The number of aryl methyl sites for hydroxylation is 4. The first-order valence-corrected chi connectivity index (χ1v) is 27.5. The molecule has 10 nitrogen and oxygen atoms in total. The van der Waals surface area contributed by atoms with Crippen LogP contribution in [0, 0.1) is 39.3 Å². The van der Waals surface area contributed by atoms with Crippen LogP contribution in [-0.4, -0.2) is 102 Å². The molecule has 0 unspecified atom stereocenters. The zero-order valence-corrected chi connectivity index (χ0v) is 46.6. The van der Waals surface area contributed by atoms with E-state index in [-0.39, 0.29) is 5.69 Å². The van der Waals surface area contributed by atoms with Gasteiger partial charge < -0.3 is 25.8 Å². The first kappa shape index (κ1) is 51.4. The molecule has 5 aliphatic rings. The Hall–Kier alpha value is -4.06. The minimum Gasteiger partial charge on any atom is -0.399 e. The highest BCUT2D eigenvalue weighted by atomic mass is 79.9. The van der Waals surface area contributed by atoms with Crippen molar-refractivity contribution < 1.29 is 21.0 Å². The number of hydrogen-bond donors (Lipinski definition) is 3. The molecule has 1 aromatic heterocycles. The fourth-order valence-corrected chi connectivity index (χ4v) is 12.0. The maximum atomic E-state index is 13.5. The molecule has 0 spiro atoms. The largest absolute Gasteiger partial charge is 0.399 e. The Bertz CT molecular complexity index is 2720. The van der Waals surface area contributed by atoms with E-state index >= 15 is 0 Å². The number of nitrogens with zero attached hydrogens (tertiary/aromatic N) is 5. The molecule has 0 aliphatic carbocycles. The predicted molar refractivity (Wildman–Crippen MR) is 298 cm³/mol. The summed E-state index contributed by atoms with van der Waals surface area (Å²) in [6, 6.07) is 27.9. The van der Waals surface area contributed by atoms with Gasteiger partial charge in [0, 0.05) is 30.9 Å². The molecule has 6 heterocycles. The Balaban J connectivity index is 0.000000146. The van der Waals surface area contributed by atoms with Gasteiger partial charge >= 0.3 is 0 Å². The van der Waals surface area contributed by atoms with Crippen molar-refractivity contribution in [2.75, 3.05) is 76.7 Å². The van der Waals surface area contributed by atoms with E-state index in [1.54, 1.807) is 0 Å². The van der Waals surface area contributed by atoms with E-state index in [0.717, 1.165) is 98.3 Å². The van der Waals surface area contributed by atoms with Crippen molar-refractivity contribution in [2.45, 2.75) is 96.0 Å². The van der Waals surface area contributed by atoms with Crippen molar-refractivity contribution in [3.8, 4) is 5.69 Å². The third kappa shape index (κ3) is 15.7. The summed E-state index contributed by atoms with van der Waals surface area (Å²) in [5.74, 6) is 0.838. The van der Waals surface area contributed by atoms with E-state index in [4.69, 9.17) is 17.9 Å². The summed E-state index contributed by atoms with van der Waals surface area (Å²) >= 11 is 10.5. The molecule has 6 aromatic rings. The number of anilines is 3. The zero-order chi connectivity index (χ0) is 52.6. The summed E-state index contributed by atoms with van der Waals surface area (Å²) in [6.07, 6.45) is 8.27. The first-order chi connectivity index (χ1) is 35.4. The maximum Gasteiger partial charge on any atom is 0.246 e. The lowest BCUT2D eigenvalue weighted by molar-refractivity contribution is -0.0712. The van der Waals surface area contributed by atoms with Crippen LogP contribution in [0.3, 0.4) is 0 Å². The van der Waals surface area contributed by atoms with E-state index in [2.05, 4.69) is 148 Å². The van der Waals surface area contributed by atoms with Crippen LogP contribution in [0.4, 0.5) is 26.1 Å². The zero-order valence-electron chi connectivity index (χ0n) is 43.8. The number of nitrogen functional groups attached to an aromatic ring is 1. The number of likely N-dealkylation sites (tertiary alicyclic amines) is 2. The van der Waals surface area contributed by atoms with Gasteiger partial charge in [0.05, 0.1) is 46.9 Å². The molecule has 0 amide bonds. The number of ether oxygens (including phenoxy) is 2. The van der Waals surface area contributed by atoms with Gasteiger partial charge in [-0.3, -0.25) is 9.80 Å². The monoisotopic (exact) mass is 1170 g/mol. The summed E-state index contributed by atoms with van der Waals surface area (Å²) in [7, 11) is 0. The van der Waals surface area contributed by atoms with Crippen LogP contribution in [-0.2, 0) is 9.47 Å². The highest BCUT2D eigenvalue weighted by Gasteiger charge is 2.31. The predicted octanol–water partition coefficient (Wildman–Crippen LogP) is 13.1. The number of halogens is 5. The van der Waals surface area contributed by atoms with Gasteiger partial charge in [-0.1, -0.05) is 66.0 Å². The van der Waals surface area contributed by atoms with E-state index in [9.17, 15) is 8.78 Å². The van der Waals surface area contributed by atoms with Gasteiger partial charge in [0.2, 0.25) is 5.95 Å². The summed E-state index contributed by atoms with van der Waals surface area (Å²) in [5, 5.41) is 10.9. The molecule has 0 radical (unpaired) electrons. The molecule has 5 aliphatic heterocycles. The van der Waals surface area contributed by atoms with Crippen LogP contribution in [0.25, 0.3) is 5.69 Å². The molecule has 5 saturated heterocycles. The molecule has 4 N–H and O–H groups in total. The van der Waals surface area contributed by atoms with Gasteiger partial charge in [0.25, 0.3) is 0 Å². The molecule has 0 atom stereocenters. The Morgan fingerprint density at radius 2 is 1.03 bits per heavy atom. The van der Waals surface area contributed by atoms with E-state index < -0.39 is 23.7 Å². The molecule has 384 valence electrons. The SMILES string of the molecule is Cc1cc(Br)cc(C2CCNCC2)c1.Cc1cc(N)cc(Br)c1.[2H]C1(N2CCC(c3cc(C)cc(Br)c3)CC2)COC1.[2H]C1(N2CCC(c3cc(C)cc(Nc4ncn(-c5cc(F)cc(F)c5)n4)c3)CC2)COC1. The highest BCUT2D eigenvalue weighted by Crippen LogP contribution is 2.34. The highest BCUT2D eigenvalue weighted by molar-refractivity contribution is 9.11. The van der Waals surface area contributed by atoms with Crippen molar-refractivity contribution in [1.29, 1.82) is 0 Å². The van der Waals surface area contributed by atoms with Crippen molar-refractivity contribution in [3.05, 3.63) is 161 Å². The fraction of sp³-hybridized carbons (Fsp3) is 0.439. The second-order valence-electron chi connectivity index (χ2n) is 19.7. The number of hydrogen-bond acceptors (Lipinski definition) is 9. The van der Waals surface area contributed by atoms with Crippen LogP contribution in [0.15, 0.2) is 111 Å². The number of nitrogens with one attached hydrogen (secondary N) is 2. The Morgan fingerprint density at radius 1 is 0.583 bits per heavy atom. The normalized spacial score (nSPS) is 19.6. The third-order valence-electron chi connectivity index (χ3n) is 13.9. The quantitative estimate of drug-likeness (QED) is 0.129. The molecule has 72 heavy (non-hydrogen) atoms. The first-order valence-electron chi connectivity index (χ1n) is 26.1. The Morgan fingerprint density at radius 3 is 1.47 bits per heavy atom. The van der Waals surface area contributed by atoms with E-state index in [1.165, 1.54) is 78.3 Å². The molecule has 5 aromatic carbocycles. The summed E-state index contributed by atoms with van der Waals surface area (Å²) in [5.41, 5.74) is 16.6. The number of piperidine rings is 3. The topological polar surface area (TPSA) is 106 Å². The van der Waals surface area contributed by atoms with Gasteiger partial charge in [0.15, 0.2) is 0 Å². The summed E-state index contributed by atoms with van der Waals surface area (Å²) in [4.78, 5) is 8.75. The Labute approximate surface area is 453 Å². The van der Waals surface area contributed by atoms with E-state index in [1.807, 2.05) is 31.2 Å². The molecular formula is C57H69Br3F2N8O2. The lowest BCUT2D eigenvalue weighted by Crippen LogP contribution is -2.51. The summed E-state index contributed by atoms with van der Waals surface area (Å²) in [6.45, 7) is 16.7. The van der Waals surface area contributed by atoms with Crippen molar-refractivity contribution in [1.82, 2.24) is 29.9 Å². The maximum absolute atomic E-state index is 13.5. The second-order valence-corrected chi connectivity index (χ2v) is 22.5. The number of aromatic nitrogens is 3. The van der Waals surface area contributed by atoms with Gasteiger partial charge in [0.1, 0.15) is 18.0 Å². The van der Waals surface area contributed by atoms with Gasteiger partial charge in [-0.25, -0.2) is 13.5 Å². The van der Waals surface area contributed by atoms with Crippen LogP contribution in [0.5, 0.6) is 0 Å². The molecule has 0 saturated carbocycles. The second kappa shape index (κ2) is 25.9. The van der Waals surface area contributed by atoms with Crippen LogP contribution < -0.4 is 16.4 Å². The minimum absolute atomic E-state index is 0.267. The van der Waals surface area contributed by atoms with Gasteiger partial charge in [-0.15, -0.1) is 5.10 Å². The lowest BCUT2D eigenvalue weighted by Gasteiger charge is -2.41. The van der Waals surface area contributed by atoms with Gasteiger partial charge in [-0.2, -0.15) is 4.98 Å². The Kier molecular flexibility index (Phi) is 18.5. The van der Waals surface area contributed by atoms with Crippen molar-refractivity contribution in [2.24, 2.45) is 0 Å². The van der Waals surface area contributed by atoms with Crippen LogP contribution >= 0.6 is 47.8 Å². The standard InChI is InChI=1S/C23H25F2N5O.C15H20BrNO.C12H16BrN.C7H8BrN/c1-15-6-17(16-2-4-29(5-3-16)22-12-31-13-22)8-20(7-15)27-23-26-14-30(28-23)21-10-18(24)9-19(25)11-21;1-11-6-13(8-14(16)7-11)12-2-4-17(5-3-12)15-9-18-10-15;1-9-6-11(8-12(13)7-9)10-2-4-14-5-3-10;1-5-2-6(8)4-7(9)3-5/h6-11,14,16,22H,2-5,12-13H2,1H3,(H,27,28);6-8,12,15H,2-5,9-10H2,1H3;6-8,10,14H,2-5H2,1H3;2-4H,9H2,1H3/i22D;15D;;. The summed E-state index contributed by atoms with van der Waals surface area (Å²) < 4.78 is 59.0. The third-order valence-corrected chi connectivity index (χ3v) is 15.2. The number of nitrogens with two attached hydrogens (primary N) is 1. The average molecular weight is 1180 g/mol. The van der Waals surface area contributed by atoms with Crippen molar-refractivity contribution in [3.63, 3.8) is 0 Å². The number of rotatable bonds is 8. The molecular weight excluding hydrogens is 1110 g/mol. The fourth-order valence-electron chi connectivity index (χ4n) is 10.1. The molecule has 5 fully saturated rings. The lowest BCUT2D eigenvalue weighted by atomic mass is 9.87. The number of benzene rings is 5. The minimum atomic E-state index is -0.666. The molecule has 11 rings (SSSR count). The molecule has 0 bridgehead atoms. The smallest absolute Gasteiger partial charge is 0.246 e. The van der Waals surface area contributed by atoms with Crippen molar-refractivity contribution >= 4 is 65.1 Å².